The lowest BCUT2D eigenvalue weighted by atomic mass is 10.2. The van der Waals surface area contributed by atoms with Crippen LogP contribution in [0.2, 0.25) is 5.02 Å². The Hall–Kier alpha value is -1.72. The van der Waals surface area contributed by atoms with E-state index in [4.69, 9.17) is 11.6 Å². The van der Waals surface area contributed by atoms with Gasteiger partial charge in [0.1, 0.15) is 5.75 Å². The van der Waals surface area contributed by atoms with Gasteiger partial charge in [0.2, 0.25) is 0 Å². The monoisotopic (exact) mass is 297 g/mol. The summed E-state index contributed by atoms with van der Waals surface area (Å²) >= 11 is 5.72. The predicted octanol–water partition coefficient (Wildman–Crippen LogP) is 3.15. The number of para-hydroxylation sites is 1. The van der Waals surface area contributed by atoms with Crippen LogP contribution in [0.1, 0.15) is 5.56 Å². The summed E-state index contributed by atoms with van der Waals surface area (Å²) < 4.78 is 26.7. The molecule has 0 aliphatic rings. The Morgan fingerprint density at radius 1 is 1.11 bits per heavy atom. The number of phenols is 1. The molecule has 6 heteroatoms. The van der Waals surface area contributed by atoms with Gasteiger partial charge < -0.3 is 5.11 Å². The zero-order valence-electron chi connectivity index (χ0n) is 10.1. The molecule has 0 saturated carbocycles. The Morgan fingerprint density at radius 3 is 2.32 bits per heavy atom. The van der Waals surface area contributed by atoms with Crippen LogP contribution in [-0.4, -0.2) is 13.5 Å². The molecule has 0 spiro atoms. The fraction of sp³-hybridized carbons (Fsp3) is 0.0769. The Labute approximate surface area is 116 Å². The second-order valence-electron chi connectivity index (χ2n) is 4.03. The van der Waals surface area contributed by atoms with Crippen molar-refractivity contribution in [3.8, 4) is 5.75 Å². The van der Waals surface area contributed by atoms with Crippen molar-refractivity contribution in [1.82, 2.24) is 0 Å². The van der Waals surface area contributed by atoms with Gasteiger partial charge in [0, 0.05) is 5.02 Å². The Morgan fingerprint density at radius 2 is 1.74 bits per heavy atom. The standard InChI is InChI=1S/C13H12ClNO3S/c1-9-3-2-4-12(16)13(9)15-19(17,18)11-7-5-10(14)6-8-11/h2-8,15-16H,1H3. The largest absolute Gasteiger partial charge is 0.506 e. The van der Waals surface area contributed by atoms with Gasteiger partial charge in [-0.25, -0.2) is 8.42 Å². The molecule has 0 atom stereocenters. The molecular weight excluding hydrogens is 286 g/mol. The molecule has 0 aliphatic heterocycles. The molecule has 0 bridgehead atoms. The minimum atomic E-state index is -3.74. The number of phenolic OH excluding ortho intramolecular Hbond substituents is 1. The number of hydrogen-bond donors (Lipinski definition) is 2. The van der Waals surface area contributed by atoms with Crippen LogP contribution in [-0.2, 0) is 10.0 Å². The highest BCUT2D eigenvalue weighted by atomic mass is 35.5. The molecule has 0 aromatic heterocycles. The topological polar surface area (TPSA) is 66.4 Å². The molecule has 100 valence electrons. The van der Waals surface area contributed by atoms with Gasteiger partial charge in [-0.2, -0.15) is 0 Å². The molecule has 19 heavy (non-hydrogen) atoms. The number of halogens is 1. The third kappa shape index (κ3) is 3.00. The summed E-state index contributed by atoms with van der Waals surface area (Å²) in [6, 6.07) is 10.6. The van der Waals surface area contributed by atoms with Crippen molar-refractivity contribution in [2.75, 3.05) is 4.72 Å². The van der Waals surface area contributed by atoms with Gasteiger partial charge in [0.25, 0.3) is 10.0 Å². The molecule has 2 rings (SSSR count). The van der Waals surface area contributed by atoms with Crippen LogP contribution in [0.4, 0.5) is 5.69 Å². The predicted molar refractivity (Wildman–Crippen MR) is 75.1 cm³/mol. The van der Waals surface area contributed by atoms with Gasteiger partial charge >= 0.3 is 0 Å². The van der Waals surface area contributed by atoms with Crippen LogP contribution in [0.15, 0.2) is 47.4 Å². The van der Waals surface area contributed by atoms with Crippen LogP contribution in [0.25, 0.3) is 0 Å². The van der Waals surface area contributed by atoms with Crippen LogP contribution in [0, 0.1) is 6.92 Å². The maximum atomic E-state index is 12.2. The molecule has 0 amide bonds. The van der Waals surface area contributed by atoms with E-state index in [-0.39, 0.29) is 16.3 Å². The quantitative estimate of drug-likeness (QED) is 0.855. The number of hydrogen-bond acceptors (Lipinski definition) is 3. The van der Waals surface area contributed by atoms with E-state index in [0.29, 0.717) is 10.6 Å². The van der Waals surface area contributed by atoms with E-state index in [1.54, 1.807) is 19.1 Å². The highest BCUT2D eigenvalue weighted by molar-refractivity contribution is 7.92. The highest BCUT2D eigenvalue weighted by Gasteiger charge is 2.17. The average Bonchev–Trinajstić information content (AvgIpc) is 2.35. The first-order valence-electron chi connectivity index (χ1n) is 5.47. The van der Waals surface area contributed by atoms with Crippen LogP contribution >= 0.6 is 11.6 Å². The lowest BCUT2D eigenvalue weighted by Gasteiger charge is -2.12. The van der Waals surface area contributed by atoms with E-state index in [2.05, 4.69) is 4.72 Å². The maximum absolute atomic E-state index is 12.2. The van der Waals surface area contributed by atoms with E-state index >= 15 is 0 Å². The molecule has 2 aromatic rings. The number of benzene rings is 2. The molecule has 2 aromatic carbocycles. The second kappa shape index (κ2) is 5.11. The summed E-state index contributed by atoms with van der Waals surface area (Å²) in [6.07, 6.45) is 0. The summed E-state index contributed by atoms with van der Waals surface area (Å²) in [4.78, 5) is 0.0829. The molecule has 4 nitrogen and oxygen atoms in total. The van der Waals surface area contributed by atoms with Crippen molar-refractivity contribution in [1.29, 1.82) is 0 Å². The van der Waals surface area contributed by atoms with E-state index in [1.165, 1.54) is 30.3 Å². The highest BCUT2D eigenvalue weighted by Crippen LogP contribution is 2.29. The van der Waals surface area contributed by atoms with Crippen molar-refractivity contribution in [3.63, 3.8) is 0 Å². The second-order valence-corrected chi connectivity index (χ2v) is 6.15. The summed E-state index contributed by atoms with van der Waals surface area (Å²) in [7, 11) is -3.74. The molecule has 0 radical (unpaired) electrons. The summed E-state index contributed by atoms with van der Waals surface area (Å²) in [5, 5.41) is 10.2. The van der Waals surface area contributed by atoms with Gasteiger partial charge in [-0.1, -0.05) is 23.7 Å². The first kappa shape index (κ1) is 13.7. The zero-order valence-corrected chi connectivity index (χ0v) is 11.7. The van der Waals surface area contributed by atoms with E-state index in [0.717, 1.165) is 0 Å². The fourth-order valence-electron chi connectivity index (χ4n) is 1.59. The number of rotatable bonds is 3. The van der Waals surface area contributed by atoms with Crippen molar-refractivity contribution in [2.45, 2.75) is 11.8 Å². The molecular formula is C13H12ClNO3S. The first-order valence-corrected chi connectivity index (χ1v) is 7.33. The van der Waals surface area contributed by atoms with Crippen molar-refractivity contribution >= 4 is 27.3 Å². The van der Waals surface area contributed by atoms with Gasteiger partial charge in [0.05, 0.1) is 10.6 Å². The van der Waals surface area contributed by atoms with Gasteiger partial charge in [-0.15, -0.1) is 0 Å². The van der Waals surface area contributed by atoms with Gasteiger partial charge in [0.15, 0.2) is 0 Å². The fourth-order valence-corrected chi connectivity index (χ4v) is 2.86. The SMILES string of the molecule is Cc1cccc(O)c1NS(=O)(=O)c1ccc(Cl)cc1. The van der Waals surface area contributed by atoms with Crippen molar-refractivity contribution in [2.24, 2.45) is 0 Å². The maximum Gasteiger partial charge on any atom is 0.262 e. The van der Waals surface area contributed by atoms with Crippen molar-refractivity contribution < 1.29 is 13.5 Å². The molecule has 0 unspecified atom stereocenters. The normalized spacial score (nSPS) is 11.3. The lowest BCUT2D eigenvalue weighted by molar-refractivity contribution is 0.477. The third-order valence-corrected chi connectivity index (χ3v) is 4.23. The van der Waals surface area contributed by atoms with Gasteiger partial charge in [-0.3, -0.25) is 4.72 Å². The minimum absolute atomic E-state index is 0.0829. The summed E-state index contributed by atoms with van der Waals surface area (Å²) in [5.74, 6) is -0.113. The van der Waals surface area contributed by atoms with Gasteiger partial charge in [-0.05, 0) is 42.8 Å². The first-order chi connectivity index (χ1) is 8.90. The Balaban J connectivity index is 2.39. The molecule has 2 N–H and O–H groups in total. The number of anilines is 1. The Bertz CT molecular complexity index is 676. The summed E-state index contributed by atoms with van der Waals surface area (Å²) in [5.41, 5.74) is 0.815. The third-order valence-electron chi connectivity index (χ3n) is 2.61. The lowest BCUT2D eigenvalue weighted by Crippen LogP contribution is -2.13. The van der Waals surface area contributed by atoms with Crippen LogP contribution in [0.3, 0.4) is 0 Å². The van der Waals surface area contributed by atoms with E-state index < -0.39 is 10.0 Å². The van der Waals surface area contributed by atoms with Crippen LogP contribution < -0.4 is 4.72 Å². The smallest absolute Gasteiger partial charge is 0.262 e. The summed E-state index contributed by atoms with van der Waals surface area (Å²) in [6.45, 7) is 1.71. The van der Waals surface area contributed by atoms with E-state index in [9.17, 15) is 13.5 Å². The number of nitrogens with one attached hydrogen (secondary N) is 1. The molecule has 0 saturated heterocycles. The molecule has 0 fully saturated rings. The molecule has 0 heterocycles. The minimum Gasteiger partial charge on any atom is -0.506 e. The average molecular weight is 298 g/mol. The molecule has 0 aliphatic carbocycles. The number of sulfonamides is 1. The Kier molecular flexibility index (Phi) is 3.68. The van der Waals surface area contributed by atoms with E-state index in [1.807, 2.05) is 0 Å². The number of aryl methyl sites for hydroxylation is 1. The van der Waals surface area contributed by atoms with Crippen LogP contribution in [0.5, 0.6) is 5.75 Å². The van der Waals surface area contributed by atoms with Crippen molar-refractivity contribution in [3.05, 3.63) is 53.1 Å². The number of aromatic hydroxyl groups is 1. The zero-order chi connectivity index (χ0) is 14.0.